The van der Waals surface area contributed by atoms with Crippen LogP contribution in [0.3, 0.4) is 0 Å². The molecule has 120 valence electrons. The number of carbonyl (C=O) groups excluding carboxylic acids is 1. The molecular formula is C19H17N3OS. The number of amides is 1. The van der Waals surface area contributed by atoms with E-state index in [0.29, 0.717) is 5.69 Å². The molecule has 4 nitrogen and oxygen atoms in total. The molecule has 0 bridgehead atoms. The van der Waals surface area contributed by atoms with Crippen LogP contribution < -0.4 is 5.32 Å². The molecule has 1 N–H and O–H groups in total. The highest BCUT2D eigenvalue weighted by molar-refractivity contribution is 7.18. The van der Waals surface area contributed by atoms with Crippen molar-refractivity contribution in [1.82, 2.24) is 4.98 Å². The number of nitrogens with zero attached hydrogens (tertiary/aromatic N) is 2. The van der Waals surface area contributed by atoms with E-state index < -0.39 is 5.41 Å². The van der Waals surface area contributed by atoms with Crippen LogP contribution in [-0.2, 0) is 11.2 Å². The fourth-order valence-corrected chi connectivity index (χ4v) is 3.22. The number of benzene rings is 2. The molecule has 24 heavy (non-hydrogen) atoms. The minimum atomic E-state index is -1.04. The number of rotatable bonds is 4. The first-order valence-corrected chi connectivity index (χ1v) is 8.46. The Kier molecular flexibility index (Phi) is 4.32. The molecule has 1 amide bonds. The van der Waals surface area contributed by atoms with E-state index in [9.17, 15) is 4.79 Å². The van der Waals surface area contributed by atoms with Gasteiger partial charge in [0.05, 0.1) is 21.3 Å². The van der Waals surface area contributed by atoms with Gasteiger partial charge in [0.2, 0.25) is 5.91 Å². The van der Waals surface area contributed by atoms with Crippen molar-refractivity contribution in [2.45, 2.75) is 20.3 Å². The number of hydrogen-bond donors (Lipinski definition) is 1. The van der Waals surface area contributed by atoms with Crippen LogP contribution in [0.15, 0.2) is 48.5 Å². The minimum absolute atomic E-state index is 0.302. The third kappa shape index (κ3) is 3.44. The van der Waals surface area contributed by atoms with Gasteiger partial charge in [-0.3, -0.25) is 4.79 Å². The van der Waals surface area contributed by atoms with Crippen molar-refractivity contribution in [2.75, 3.05) is 5.32 Å². The van der Waals surface area contributed by atoms with E-state index in [0.717, 1.165) is 22.5 Å². The highest BCUT2D eigenvalue weighted by atomic mass is 32.1. The highest BCUT2D eigenvalue weighted by Gasteiger charge is 2.27. The van der Waals surface area contributed by atoms with Crippen LogP contribution in [0, 0.1) is 16.7 Å². The topological polar surface area (TPSA) is 65.8 Å². The van der Waals surface area contributed by atoms with Gasteiger partial charge in [-0.1, -0.05) is 24.3 Å². The number of thiazole rings is 1. The average molecular weight is 335 g/mol. The molecule has 0 aliphatic heterocycles. The van der Waals surface area contributed by atoms with Crippen molar-refractivity contribution < 1.29 is 4.79 Å². The average Bonchev–Trinajstić information content (AvgIpc) is 2.98. The molecule has 0 spiro atoms. The van der Waals surface area contributed by atoms with Gasteiger partial charge in [0.15, 0.2) is 0 Å². The van der Waals surface area contributed by atoms with E-state index >= 15 is 0 Å². The highest BCUT2D eigenvalue weighted by Crippen LogP contribution is 2.24. The third-order valence-electron chi connectivity index (χ3n) is 3.75. The number of hydrogen-bond acceptors (Lipinski definition) is 4. The first-order chi connectivity index (χ1) is 11.5. The van der Waals surface area contributed by atoms with Gasteiger partial charge < -0.3 is 5.32 Å². The first-order valence-electron chi connectivity index (χ1n) is 7.64. The Hall–Kier alpha value is -2.71. The van der Waals surface area contributed by atoms with Crippen LogP contribution in [0.1, 0.15) is 24.4 Å². The van der Waals surface area contributed by atoms with Crippen LogP contribution in [0.25, 0.3) is 10.2 Å². The van der Waals surface area contributed by atoms with Crippen molar-refractivity contribution in [3.8, 4) is 6.07 Å². The summed E-state index contributed by atoms with van der Waals surface area (Å²) in [6, 6.07) is 17.8. The zero-order valence-electron chi connectivity index (χ0n) is 13.5. The lowest BCUT2D eigenvalue weighted by atomic mass is 9.94. The molecule has 2 aromatic carbocycles. The zero-order valence-corrected chi connectivity index (χ0v) is 14.4. The Labute approximate surface area is 144 Å². The summed E-state index contributed by atoms with van der Waals surface area (Å²) >= 11 is 1.70. The molecule has 5 heteroatoms. The predicted octanol–water partition coefficient (Wildman–Crippen LogP) is 4.38. The molecule has 0 atom stereocenters. The minimum Gasteiger partial charge on any atom is -0.325 e. The molecule has 3 aromatic rings. The van der Waals surface area contributed by atoms with Gasteiger partial charge in [0.1, 0.15) is 5.41 Å². The third-order valence-corrected chi connectivity index (χ3v) is 4.79. The molecule has 0 aliphatic rings. The van der Waals surface area contributed by atoms with Crippen molar-refractivity contribution in [3.05, 3.63) is 59.1 Å². The Morgan fingerprint density at radius 2 is 1.92 bits per heavy atom. The first kappa shape index (κ1) is 16.2. The fraction of sp³-hybridized carbons (Fsp3) is 0.211. The lowest BCUT2D eigenvalue weighted by Crippen LogP contribution is -2.29. The van der Waals surface area contributed by atoms with Gasteiger partial charge >= 0.3 is 0 Å². The summed E-state index contributed by atoms with van der Waals surface area (Å²) in [5.74, 6) is -0.302. The second kappa shape index (κ2) is 6.42. The normalized spacial score (nSPS) is 11.2. The molecule has 3 rings (SSSR count). The molecule has 0 radical (unpaired) electrons. The zero-order chi connectivity index (χ0) is 17.2. The maximum absolute atomic E-state index is 12.0. The summed E-state index contributed by atoms with van der Waals surface area (Å²) in [6.07, 6.45) is 0.761. The molecular weight excluding hydrogens is 318 g/mol. The number of para-hydroxylation sites is 1. The van der Waals surface area contributed by atoms with Gasteiger partial charge in [-0.05, 0) is 43.7 Å². The van der Waals surface area contributed by atoms with E-state index in [1.165, 1.54) is 4.70 Å². The van der Waals surface area contributed by atoms with Gasteiger partial charge in [0.25, 0.3) is 0 Å². The Balaban J connectivity index is 1.70. The van der Waals surface area contributed by atoms with Crippen LogP contribution in [0.4, 0.5) is 5.69 Å². The molecule has 0 saturated carbocycles. The predicted molar refractivity (Wildman–Crippen MR) is 96.9 cm³/mol. The standard InChI is InChI=1S/C19H17N3OS/c1-19(2,12-20)18(23)21-14-9-7-13(8-10-14)11-17-22-15-5-3-4-6-16(15)24-17/h3-10H,11H2,1-2H3,(H,21,23). The fourth-order valence-electron chi connectivity index (χ4n) is 2.21. The molecule has 0 fully saturated rings. The smallest absolute Gasteiger partial charge is 0.244 e. The lowest BCUT2D eigenvalue weighted by molar-refractivity contribution is -0.121. The molecule has 0 saturated heterocycles. The number of aromatic nitrogens is 1. The van der Waals surface area contributed by atoms with Crippen LogP contribution in [0.2, 0.25) is 0 Å². The second-order valence-corrected chi connectivity index (χ2v) is 7.26. The summed E-state index contributed by atoms with van der Waals surface area (Å²) < 4.78 is 1.19. The van der Waals surface area contributed by atoms with E-state index in [1.807, 2.05) is 48.5 Å². The van der Waals surface area contributed by atoms with E-state index in [2.05, 4.69) is 16.4 Å². The Morgan fingerprint density at radius 1 is 1.21 bits per heavy atom. The second-order valence-electron chi connectivity index (χ2n) is 6.14. The summed E-state index contributed by atoms with van der Waals surface area (Å²) in [5.41, 5.74) is 1.81. The van der Waals surface area contributed by atoms with E-state index in [4.69, 9.17) is 5.26 Å². The Morgan fingerprint density at radius 3 is 2.58 bits per heavy atom. The van der Waals surface area contributed by atoms with Crippen LogP contribution in [-0.4, -0.2) is 10.9 Å². The molecule has 1 aromatic heterocycles. The molecule has 1 heterocycles. The van der Waals surface area contributed by atoms with Gasteiger partial charge in [-0.2, -0.15) is 5.26 Å². The van der Waals surface area contributed by atoms with Crippen molar-refractivity contribution in [1.29, 1.82) is 5.26 Å². The summed E-state index contributed by atoms with van der Waals surface area (Å²) in [6.45, 7) is 3.20. The van der Waals surface area contributed by atoms with Crippen molar-refractivity contribution in [2.24, 2.45) is 5.41 Å². The largest absolute Gasteiger partial charge is 0.325 e. The molecule has 0 aliphatic carbocycles. The van der Waals surface area contributed by atoms with Crippen LogP contribution >= 0.6 is 11.3 Å². The van der Waals surface area contributed by atoms with Gasteiger partial charge in [-0.25, -0.2) is 4.98 Å². The van der Waals surface area contributed by atoms with Gasteiger partial charge in [0, 0.05) is 12.1 Å². The quantitative estimate of drug-likeness (QED) is 0.769. The number of fused-ring (bicyclic) bond motifs is 1. The monoisotopic (exact) mass is 335 g/mol. The van der Waals surface area contributed by atoms with E-state index in [1.54, 1.807) is 25.2 Å². The number of carbonyl (C=O) groups is 1. The molecule has 0 unspecified atom stereocenters. The van der Waals surface area contributed by atoms with Gasteiger partial charge in [-0.15, -0.1) is 11.3 Å². The number of anilines is 1. The lowest BCUT2D eigenvalue weighted by Gasteiger charge is -2.15. The summed E-state index contributed by atoms with van der Waals surface area (Å²) in [4.78, 5) is 16.6. The summed E-state index contributed by atoms with van der Waals surface area (Å²) in [5, 5.41) is 12.8. The van der Waals surface area contributed by atoms with E-state index in [-0.39, 0.29) is 5.91 Å². The number of nitriles is 1. The maximum atomic E-state index is 12.0. The number of nitrogens with one attached hydrogen (secondary N) is 1. The SMILES string of the molecule is CC(C)(C#N)C(=O)Nc1ccc(Cc2nc3ccccc3s2)cc1. The maximum Gasteiger partial charge on any atom is 0.244 e. The van der Waals surface area contributed by atoms with Crippen LogP contribution in [0.5, 0.6) is 0 Å². The summed E-state index contributed by atoms with van der Waals surface area (Å²) in [7, 11) is 0. The van der Waals surface area contributed by atoms with Crippen molar-refractivity contribution in [3.63, 3.8) is 0 Å². The van der Waals surface area contributed by atoms with Crippen molar-refractivity contribution >= 4 is 33.1 Å². The Bertz CT molecular complexity index is 887.